The summed E-state index contributed by atoms with van der Waals surface area (Å²) in [7, 11) is 0. The molecule has 3 nitrogen and oxygen atoms in total. The van der Waals surface area contributed by atoms with Gasteiger partial charge in [-0.1, -0.05) is 25.6 Å². The Bertz CT molecular complexity index is 268. The third kappa shape index (κ3) is 3.14. The van der Waals surface area contributed by atoms with Crippen LogP contribution in [0.2, 0.25) is 0 Å². The summed E-state index contributed by atoms with van der Waals surface area (Å²) >= 11 is 1.87. The van der Waals surface area contributed by atoms with Gasteiger partial charge in [-0.25, -0.2) is 0 Å². The van der Waals surface area contributed by atoms with E-state index in [-0.39, 0.29) is 0 Å². The number of aliphatic imine (C=N–C) groups is 1. The van der Waals surface area contributed by atoms with Gasteiger partial charge in [-0.15, -0.1) is 0 Å². The van der Waals surface area contributed by atoms with Gasteiger partial charge in [-0.3, -0.25) is 4.99 Å². The van der Waals surface area contributed by atoms with Crippen LogP contribution in [0.15, 0.2) is 4.99 Å². The molecular formula is C12H22N2OS. The Labute approximate surface area is 102 Å². The first-order chi connectivity index (χ1) is 7.65. The van der Waals surface area contributed by atoms with Crippen molar-refractivity contribution in [1.29, 1.82) is 0 Å². The molecule has 0 saturated carbocycles. The minimum atomic E-state index is 0.388. The van der Waals surface area contributed by atoms with Crippen molar-refractivity contribution in [2.45, 2.75) is 51.8 Å². The van der Waals surface area contributed by atoms with Crippen molar-refractivity contribution < 1.29 is 4.74 Å². The highest BCUT2D eigenvalue weighted by atomic mass is 32.2. The second kappa shape index (κ2) is 5.41. The van der Waals surface area contributed by atoms with E-state index < -0.39 is 0 Å². The maximum Gasteiger partial charge on any atom is 0.157 e. The van der Waals surface area contributed by atoms with Crippen LogP contribution in [0.1, 0.15) is 33.6 Å². The fourth-order valence-corrected chi connectivity index (χ4v) is 3.36. The molecule has 0 aromatic carbocycles. The quantitative estimate of drug-likeness (QED) is 0.806. The minimum Gasteiger partial charge on any atom is -0.378 e. The number of hydrogen-bond donors (Lipinski definition) is 1. The standard InChI is InChI=1S/C12H22N2OS/c1-8(2)11-7-16-12(14-11)13-10-4-5-15-9(3)6-10/h8-11H,4-7H2,1-3H3,(H,13,14). The lowest BCUT2D eigenvalue weighted by molar-refractivity contribution is 0.0168. The Morgan fingerprint density at radius 3 is 2.94 bits per heavy atom. The molecule has 3 atom stereocenters. The molecule has 2 rings (SSSR count). The third-order valence-electron chi connectivity index (χ3n) is 3.26. The first kappa shape index (κ1) is 12.2. The second-order valence-corrected chi connectivity index (χ2v) is 6.11. The van der Waals surface area contributed by atoms with Crippen LogP contribution in [0, 0.1) is 5.92 Å². The largest absolute Gasteiger partial charge is 0.378 e. The van der Waals surface area contributed by atoms with Crippen LogP contribution in [0.25, 0.3) is 0 Å². The number of thioether (sulfide) groups is 1. The average molecular weight is 242 g/mol. The fourth-order valence-electron chi connectivity index (χ4n) is 2.11. The van der Waals surface area contributed by atoms with Gasteiger partial charge in [-0.05, 0) is 25.7 Å². The summed E-state index contributed by atoms with van der Waals surface area (Å²) in [6.45, 7) is 7.52. The SMILES string of the molecule is CC1CC(NC2=NC(C(C)C)CS2)CCO1. The molecule has 16 heavy (non-hydrogen) atoms. The Kier molecular flexibility index (Phi) is 4.14. The van der Waals surface area contributed by atoms with Gasteiger partial charge in [0.15, 0.2) is 5.17 Å². The van der Waals surface area contributed by atoms with Crippen LogP contribution in [0.3, 0.4) is 0 Å². The summed E-state index contributed by atoms with van der Waals surface area (Å²) in [5.41, 5.74) is 0. The molecule has 0 aromatic rings. The van der Waals surface area contributed by atoms with Gasteiger partial charge >= 0.3 is 0 Å². The van der Waals surface area contributed by atoms with Gasteiger partial charge in [0, 0.05) is 18.4 Å². The normalized spacial score (nSPS) is 35.2. The van der Waals surface area contributed by atoms with Crippen molar-refractivity contribution in [2.75, 3.05) is 12.4 Å². The van der Waals surface area contributed by atoms with E-state index in [0.29, 0.717) is 24.1 Å². The van der Waals surface area contributed by atoms with E-state index in [1.165, 1.54) is 0 Å². The highest BCUT2D eigenvalue weighted by molar-refractivity contribution is 8.14. The summed E-state index contributed by atoms with van der Waals surface area (Å²) in [6.07, 6.45) is 2.60. The fraction of sp³-hybridized carbons (Fsp3) is 0.917. The Morgan fingerprint density at radius 2 is 2.31 bits per heavy atom. The molecule has 0 aliphatic carbocycles. The molecule has 1 N–H and O–H groups in total. The van der Waals surface area contributed by atoms with Crippen LogP contribution in [-0.2, 0) is 4.74 Å². The van der Waals surface area contributed by atoms with Gasteiger partial charge < -0.3 is 10.1 Å². The van der Waals surface area contributed by atoms with Crippen molar-refractivity contribution in [1.82, 2.24) is 5.32 Å². The molecule has 4 heteroatoms. The molecule has 0 bridgehead atoms. The number of ether oxygens (including phenoxy) is 1. The van der Waals surface area contributed by atoms with E-state index in [1.54, 1.807) is 0 Å². The monoisotopic (exact) mass is 242 g/mol. The Balaban J connectivity index is 1.83. The van der Waals surface area contributed by atoms with E-state index >= 15 is 0 Å². The zero-order valence-corrected chi connectivity index (χ0v) is 11.2. The topological polar surface area (TPSA) is 33.6 Å². The summed E-state index contributed by atoms with van der Waals surface area (Å²) in [5.74, 6) is 1.79. The minimum absolute atomic E-state index is 0.388. The summed E-state index contributed by atoms with van der Waals surface area (Å²) in [5, 5.41) is 4.72. The van der Waals surface area contributed by atoms with Crippen molar-refractivity contribution in [3.8, 4) is 0 Å². The molecule has 1 fully saturated rings. The molecule has 2 heterocycles. The first-order valence-electron chi connectivity index (χ1n) is 6.24. The number of hydrogen-bond acceptors (Lipinski definition) is 4. The van der Waals surface area contributed by atoms with Crippen molar-refractivity contribution >= 4 is 16.9 Å². The first-order valence-corrected chi connectivity index (χ1v) is 7.22. The molecule has 1 saturated heterocycles. The molecule has 0 radical (unpaired) electrons. The molecule has 3 unspecified atom stereocenters. The van der Waals surface area contributed by atoms with E-state index in [0.717, 1.165) is 30.4 Å². The molecular weight excluding hydrogens is 220 g/mol. The molecule has 2 aliphatic rings. The zero-order chi connectivity index (χ0) is 11.5. The van der Waals surface area contributed by atoms with E-state index in [4.69, 9.17) is 9.73 Å². The van der Waals surface area contributed by atoms with Crippen LogP contribution in [0.5, 0.6) is 0 Å². The summed E-state index contributed by atoms with van der Waals surface area (Å²) in [6, 6.07) is 1.06. The second-order valence-electron chi connectivity index (χ2n) is 5.10. The maximum absolute atomic E-state index is 5.55. The zero-order valence-electron chi connectivity index (χ0n) is 10.4. The van der Waals surface area contributed by atoms with Gasteiger partial charge in [-0.2, -0.15) is 0 Å². The van der Waals surface area contributed by atoms with E-state index in [1.807, 2.05) is 11.8 Å². The number of nitrogens with one attached hydrogen (secondary N) is 1. The Hall–Kier alpha value is -0.220. The lowest BCUT2D eigenvalue weighted by Gasteiger charge is -2.28. The summed E-state index contributed by atoms with van der Waals surface area (Å²) < 4.78 is 5.55. The van der Waals surface area contributed by atoms with Crippen molar-refractivity contribution in [3.63, 3.8) is 0 Å². The predicted molar refractivity (Wildman–Crippen MR) is 70.1 cm³/mol. The smallest absolute Gasteiger partial charge is 0.157 e. The van der Waals surface area contributed by atoms with Gasteiger partial charge in [0.25, 0.3) is 0 Å². The van der Waals surface area contributed by atoms with Crippen LogP contribution < -0.4 is 5.32 Å². The highest BCUT2D eigenvalue weighted by Gasteiger charge is 2.25. The number of amidine groups is 1. The lowest BCUT2D eigenvalue weighted by atomic mass is 10.0. The van der Waals surface area contributed by atoms with Gasteiger partial charge in [0.05, 0.1) is 12.1 Å². The van der Waals surface area contributed by atoms with Crippen LogP contribution >= 0.6 is 11.8 Å². The Morgan fingerprint density at radius 1 is 1.50 bits per heavy atom. The number of nitrogens with zero attached hydrogens (tertiary/aromatic N) is 1. The summed E-state index contributed by atoms with van der Waals surface area (Å²) in [4.78, 5) is 4.73. The number of rotatable bonds is 2. The van der Waals surface area contributed by atoms with Crippen molar-refractivity contribution in [2.24, 2.45) is 10.9 Å². The molecule has 0 amide bonds. The van der Waals surface area contributed by atoms with Gasteiger partial charge in [0.1, 0.15) is 0 Å². The molecule has 0 aromatic heterocycles. The van der Waals surface area contributed by atoms with E-state index in [2.05, 4.69) is 26.1 Å². The lowest BCUT2D eigenvalue weighted by Crippen LogP contribution is -2.39. The van der Waals surface area contributed by atoms with Crippen LogP contribution in [-0.4, -0.2) is 35.7 Å². The third-order valence-corrected chi connectivity index (χ3v) is 4.26. The predicted octanol–water partition coefficient (Wildman–Crippen LogP) is 2.27. The molecule has 2 aliphatic heterocycles. The highest BCUT2D eigenvalue weighted by Crippen LogP contribution is 2.23. The maximum atomic E-state index is 5.55. The average Bonchev–Trinajstić information content (AvgIpc) is 2.66. The van der Waals surface area contributed by atoms with E-state index in [9.17, 15) is 0 Å². The van der Waals surface area contributed by atoms with Gasteiger partial charge in [0.2, 0.25) is 0 Å². The molecule has 0 spiro atoms. The van der Waals surface area contributed by atoms with Crippen LogP contribution in [0.4, 0.5) is 0 Å². The molecule has 92 valence electrons. The van der Waals surface area contributed by atoms with Crippen molar-refractivity contribution in [3.05, 3.63) is 0 Å².